The Balaban J connectivity index is 0.000000151. The number of nitrogens with one attached hydrogen (secondary N) is 2. The normalized spacial score (nSPS) is 18.8. The summed E-state index contributed by atoms with van der Waals surface area (Å²) in [7, 11) is 0. The van der Waals surface area contributed by atoms with Crippen LogP contribution in [0.3, 0.4) is 0 Å². The number of aromatic amines is 2. The average molecular weight is 573 g/mol. The number of aromatic nitrogens is 8. The van der Waals surface area contributed by atoms with Crippen molar-refractivity contribution in [1.29, 1.82) is 0 Å². The Morgan fingerprint density at radius 3 is 1.79 bits per heavy atom. The number of H-pyrrole nitrogens is 2. The van der Waals surface area contributed by atoms with E-state index in [0.29, 0.717) is 17.8 Å². The molecule has 4 heterocycles. The highest BCUT2D eigenvalue weighted by Gasteiger charge is 2.28. The van der Waals surface area contributed by atoms with Gasteiger partial charge in [-0.1, -0.05) is 33.1 Å². The highest BCUT2D eigenvalue weighted by molar-refractivity contribution is 5.70. The number of rotatable bonds is 9. The fourth-order valence-corrected chi connectivity index (χ4v) is 5.96. The Labute approximate surface area is 248 Å². The molecule has 4 aromatic rings. The van der Waals surface area contributed by atoms with E-state index in [9.17, 15) is 0 Å². The smallest absolute Gasteiger partial charge is 0.176 e. The van der Waals surface area contributed by atoms with Gasteiger partial charge in [0.05, 0.1) is 12.7 Å². The Morgan fingerprint density at radius 2 is 1.29 bits per heavy atom. The molecule has 10 heteroatoms. The number of hydrogen-bond donors (Lipinski definition) is 2. The van der Waals surface area contributed by atoms with Gasteiger partial charge >= 0.3 is 0 Å². The lowest BCUT2D eigenvalue weighted by molar-refractivity contribution is 0.320. The van der Waals surface area contributed by atoms with Crippen molar-refractivity contribution >= 4 is 22.3 Å². The highest BCUT2D eigenvalue weighted by Crippen LogP contribution is 2.39. The van der Waals surface area contributed by atoms with E-state index in [1.807, 2.05) is 19.6 Å². The van der Waals surface area contributed by atoms with Crippen molar-refractivity contribution in [2.24, 2.45) is 21.8 Å². The molecule has 3 fully saturated rings. The summed E-state index contributed by atoms with van der Waals surface area (Å²) in [5.74, 6) is 4.95. The Hall–Kier alpha value is -3.30. The van der Waals surface area contributed by atoms with Gasteiger partial charge in [-0.15, -0.1) is 0 Å². The van der Waals surface area contributed by atoms with Crippen molar-refractivity contribution in [3.8, 4) is 0 Å². The minimum atomic E-state index is 0.621. The molecule has 3 saturated carbocycles. The topological polar surface area (TPSA) is 118 Å². The first-order valence-corrected chi connectivity index (χ1v) is 16.4. The molecule has 3 aliphatic rings. The average Bonchev–Trinajstić information content (AvgIpc) is 3.93. The molecule has 0 radical (unpaired) electrons. The lowest BCUT2D eigenvalue weighted by Crippen LogP contribution is -2.19. The van der Waals surface area contributed by atoms with Crippen LogP contribution in [0.4, 0.5) is 0 Å². The first kappa shape index (κ1) is 28.8. The summed E-state index contributed by atoms with van der Waals surface area (Å²) in [6, 6.07) is 0. The third kappa shape index (κ3) is 6.68. The summed E-state index contributed by atoms with van der Waals surface area (Å²) in [4.78, 5) is 34.7. The molecule has 0 saturated heterocycles. The SMILES string of the molecule is CCN=c1ncn(CC2CCCCC2)c2nc(C3CC3)[nH]c12.CCN=c1ncn(CCC(C)C)c2nc(C3CC3)[nH]c12. The molecule has 0 atom stereocenters. The number of hydrogen-bond acceptors (Lipinski definition) is 6. The summed E-state index contributed by atoms with van der Waals surface area (Å²) >= 11 is 0. The van der Waals surface area contributed by atoms with Crippen molar-refractivity contribution in [1.82, 2.24) is 39.0 Å². The molecule has 4 aromatic heterocycles. The number of nitrogens with zero attached hydrogens (tertiary/aromatic N) is 8. The lowest BCUT2D eigenvalue weighted by Gasteiger charge is -2.22. The van der Waals surface area contributed by atoms with Crippen LogP contribution in [-0.4, -0.2) is 52.1 Å². The van der Waals surface area contributed by atoms with Gasteiger partial charge in [0, 0.05) is 38.0 Å². The van der Waals surface area contributed by atoms with Crippen molar-refractivity contribution < 1.29 is 0 Å². The van der Waals surface area contributed by atoms with E-state index in [2.05, 4.69) is 59.8 Å². The van der Waals surface area contributed by atoms with Crippen LogP contribution in [0.5, 0.6) is 0 Å². The summed E-state index contributed by atoms with van der Waals surface area (Å²) in [5.41, 5.74) is 5.70. The van der Waals surface area contributed by atoms with Crippen LogP contribution >= 0.6 is 0 Å². The zero-order chi connectivity index (χ0) is 29.1. The monoisotopic (exact) mass is 572 g/mol. The molecule has 0 spiro atoms. The molecule has 7 rings (SSSR count). The second-order valence-electron chi connectivity index (χ2n) is 12.8. The Kier molecular flexibility index (Phi) is 8.86. The largest absolute Gasteiger partial charge is 0.337 e. The van der Waals surface area contributed by atoms with Crippen LogP contribution in [0.2, 0.25) is 0 Å². The molecular weight excluding hydrogens is 524 g/mol. The fraction of sp³-hybridized carbons (Fsp3) is 0.688. The number of imidazole rings is 2. The standard InChI is InChI=1S/C17H25N5.C15H23N5/c1-2-18-16-14-17(21-15(20-14)13-8-9-13)22(11-19-16)10-12-6-4-3-5-7-12;1-4-16-14-12-15(19-13(18-12)11-5-6-11)20(9-17-14)8-7-10(2)3/h11-13H,2-10H2,1H3,(H,20,21);9-11H,4-8H2,1-3H3,(H,18,19). The van der Waals surface area contributed by atoms with E-state index in [1.165, 1.54) is 57.8 Å². The van der Waals surface area contributed by atoms with Crippen LogP contribution < -0.4 is 11.0 Å². The number of aryl methyl sites for hydroxylation is 1. The van der Waals surface area contributed by atoms with Gasteiger partial charge < -0.3 is 19.1 Å². The molecule has 10 nitrogen and oxygen atoms in total. The van der Waals surface area contributed by atoms with Crippen molar-refractivity contribution in [3.63, 3.8) is 0 Å². The Morgan fingerprint density at radius 1 is 0.762 bits per heavy atom. The van der Waals surface area contributed by atoms with Gasteiger partial charge in [-0.2, -0.15) is 0 Å². The molecule has 0 aliphatic heterocycles. The predicted molar refractivity (Wildman–Crippen MR) is 166 cm³/mol. The minimum Gasteiger partial charge on any atom is -0.337 e. The van der Waals surface area contributed by atoms with Crippen LogP contribution in [0, 0.1) is 11.8 Å². The molecule has 42 heavy (non-hydrogen) atoms. The molecular formula is C32H48N10. The van der Waals surface area contributed by atoms with Gasteiger partial charge in [0.25, 0.3) is 0 Å². The van der Waals surface area contributed by atoms with Gasteiger partial charge in [-0.25, -0.2) is 19.9 Å². The third-order valence-corrected chi connectivity index (χ3v) is 8.71. The molecule has 0 amide bonds. The van der Waals surface area contributed by atoms with Gasteiger partial charge in [0.15, 0.2) is 22.3 Å². The van der Waals surface area contributed by atoms with Gasteiger partial charge in [0.1, 0.15) is 22.7 Å². The predicted octanol–water partition coefficient (Wildman–Crippen LogP) is 5.74. The van der Waals surface area contributed by atoms with E-state index < -0.39 is 0 Å². The van der Waals surface area contributed by atoms with Crippen molar-refractivity contribution in [2.45, 2.75) is 117 Å². The molecule has 226 valence electrons. The highest BCUT2D eigenvalue weighted by atomic mass is 15.1. The first-order valence-electron chi connectivity index (χ1n) is 16.4. The summed E-state index contributed by atoms with van der Waals surface area (Å²) in [6.07, 6.45) is 16.8. The first-order chi connectivity index (χ1) is 20.5. The van der Waals surface area contributed by atoms with E-state index in [4.69, 9.17) is 9.97 Å². The summed E-state index contributed by atoms with van der Waals surface area (Å²) < 4.78 is 4.41. The number of fused-ring (bicyclic) bond motifs is 2. The second kappa shape index (κ2) is 12.9. The second-order valence-corrected chi connectivity index (χ2v) is 12.8. The lowest BCUT2D eigenvalue weighted by atomic mass is 9.89. The minimum absolute atomic E-state index is 0.621. The van der Waals surface area contributed by atoms with E-state index in [-0.39, 0.29) is 0 Å². The molecule has 3 aliphatic carbocycles. The van der Waals surface area contributed by atoms with Crippen molar-refractivity contribution in [3.05, 3.63) is 35.3 Å². The van der Waals surface area contributed by atoms with E-state index in [0.717, 1.165) is 83.5 Å². The molecule has 0 bridgehead atoms. The molecule has 2 N–H and O–H groups in total. The fourth-order valence-electron chi connectivity index (χ4n) is 5.96. The maximum Gasteiger partial charge on any atom is 0.176 e. The summed E-state index contributed by atoms with van der Waals surface area (Å²) in [5, 5.41) is 0. The zero-order valence-corrected chi connectivity index (χ0v) is 25.9. The van der Waals surface area contributed by atoms with Crippen LogP contribution in [0.1, 0.15) is 115 Å². The van der Waals surface area contributed by atoms with Crippen LogP contribution in [-0.2, 0) is 13.1 Å². The maximum absolute atomic E-state index is 4.89. The van der Waals surface area contributed by atoms with Gasteiger partial charge in [-0.05, 0) is 70.6 Å². The zero-order valence-electron chi connectivity index (χ0n) is 25.9. The van der Waals surface area contributed by atoms with Gasteiger partial charge in [-0.3, -0.25) is 9.98 Å². The summed E-state index contributed by atoms with van der Waals surface area (Å²) in [6.45, 7) is 12.1. The molecule has 0 unspecified atom stereocenters. The van der Waals surface area contributed by atoms with Gasteiger partial charge in [0.2, 0.25) is 0 Å². The maximum atomic E-state index is 4.89. The quantitative estimate of drug-likeness (QED) is 0.266. The van der Waals surface area contributed by atoms with E-state index >= 15 is 0 Å². The molecule has 0 aromatic carbocycles. The Bertz CT molecular complexity index is 1620. The van der Waals surface area contributed by atoms with Crippen molar-refractivity contribution in [2.75, 3.05) is 13.1 Å². The van der Waals surface area contributed by atoms with Crippen LogP contribution in [0.25, 0.3) is 22.3 Å². The van der Waals surface area contributed by atoms with E-state index in [1.54, 1.807) is 0 Å². The third-order valence-electron chi connectivity index (χ3n) is 8.71. The van der Waals surface area contributed by atoms with Crippen LogP contribution in [0.15, 0.2) is 22.6 Å².